The van der Waals surface area contributed by atoms with Gasteiger partial charge in [-0.15, -0.1) is 0 Å². The molecule has 128 valence electrons. The number of nitro benzene ring substituents is 1. The van der Waals surface area contributed by atoms with Gasteiger partial charge in [-0.3, -0.25) is 10.1 Å². The molecule has 8 heteroatoms. The van der Waals surface area contributed by atoms with Crippen molar-refractivity contribution >= 4 is 34.8 Å². The Morgan fingerprint density at radius 2 is 2.00 bits per heavy atom. The van der Waals surface area contributed by atoms with E-state index in [9.17, 15) is 10.1 Å². The minimum absolute atomic E-state index is 0.0654. The summed E-state index contributed by atoms with van der Waals surface area (Å²) in [5.74, 6) is 0.646. The van der Waals surface area contributed by atoms with Crippen molar-refractivity contribution in [1.29, 1.82) is 0 Å². The maximum absolute atomic E-state index is 10.8. The lowest BCUT2D eigenvalue weighted by Gasteiger charge is -2.09. The molecule has 1 aromatic heterocycles. The molecule has 25 heavy (non-hydrogen) atoms. The third kappa shape index (κ3) is 3.75. The molecule has 0 spiro atoms. The highest BCUT2D eigenvalue weighted by molar-refractivity contribution is 6.42. The van der Waals surface area contributed by atoms with E-state index in [1.165, 1.54) is 12.1 Å². The Balaban J connectivity index is 1.78. The predicted octanol–water partition coefficient (Wildman–Crippen LogP) is 4.91. The van der Waals surface area contributed by atoms with Crippen LogP contribution in [-0.4, -0.2) is 14.5 Å². The Bertz CT molecular complexity index is 940. The number of hydrogen-bond donors (Lipinski definition) is 1. The van der Waals surface area contributed by atoms with Gasteiger partial charge >= 0.3 is 0 Å². The first-order chi connectivity index (χ1) is 12.0. The number of aromatic nitrogens is 2. The van der Waals surface area contributed by atoms with Crippen molar-refractivity contribution < 1.29 is 4.92 Å². The van der Waals surface area contributed by atoms with Gasteiger partial charge in [0.25, 0.3) is 5.69 Å². The quantitative estimate of drug-likeness (QED) is 0.506. The summed E-state index contributed by atoms with van der Waals surface area (Å²) in [6.45, 7) is 0.424. The molecule has 1 heterocycles. The summed E-state index contributed by atoms with van der Waals surface area (Å²) in [5.41, 5.74) is 2.64. The van der Waals surface area contributed by atoms with Crippen molar-refractivity contribution in [3.8, 4) is 11.3 Å². The van der Waals surface area contributed by atoms with Crippen LogP contribution in [0.3, 0.4) is 0 Å². The number of halogens is 2. The minimum atomic E-state index is -0.410. The Hall–Kier alpha value is -2.57. The Morgan fingerprint density at radius 3 is 2.72 bits per heavy atom. The van der Waals surface area contributed by atoms with Gasteiger partial charge in [0, 0.05) is 31.3 Å². The Kier molecular flexibility index (Phi) is 4.92. The topological polar surface area (TPSA) is 73.0 Å². The van der Waals surface area contributed by atoms with E-state index in [-0.39, 0.29) is 5.69 Å². The molecule has 0 bridgehead atoms. The monoisotopic (exact) mass is 376 g/mol. The standard InChI is InChI=1S/C17H14Cl2N4O2/c1-22-16(12-5-6-14(18)15(19)8-12)10-21-17(22)20-9-11-3-2-4-13(7-11)23(24)25/h2-8,10H,9H2,1H3,(H,20,21). The lowest BCUT2D eigenvalue weighted by molar-refractivity contribution is -0.384. The number of nitro groups is 1. The summed E-state index contributed by atoms with van der Waals surface area (Å²) in [7, 11) is 1.88. The molecule has 0 aliphatic carbocycles. The summed E-state index contributed by atoms with van der Waals surface area (Å²) < 4.78 is 1.89. The van der Waals surface area contributed by atoms with Crippen LogP contribution in [0.1, 0.15) is 5.56 Å². The largest absolute Gasteiger partial charge is 0.352 e. The molecule has 0 saturated carbocycles. The molecule has 0 aliphatic rings. The summed E-state index contributed by atoms with van der Waals surface area (Å²) in [4.78, 5) is 14.8. The molecule has 0 atom stereocenters. The van der Waals surface area contributed by atoms with Gasteiger partial charge in [0.2, 0.25) is 5.95 Å². The minimum Gasteiger partial charge on any atom is -0.352 e. The number of rotatable bonds is 5. The van der Waals surface area contributed by atoms with Crippen molar-refractivity contribution in [2.75, 3.05) is 5.32 Å². The van der Waals surface area contributed by atoms with Crippen LogP contribution in [0, 0.1) is 10.1 Å². The van der Waals surface area contributed by atoms with E-state index in [0.717, 1.165) is 16.8 Å². The highest BCUT2D eigenvalue weighted by Crippen LogP contribution is 2.29. The summed E-state index contributed by atoms with van der Waals surface area (Å²) in [6.07, 6.45) is 1.73. The number of non-ortho nitro benzene ring substituents is 1. The zero-order valence-corrected chi connectivity index (χ0v) is 14.8. The third-order valence-corrected chi connectivity index (χ3v) is 4.51. The number of nitrogens with zero attached hydrogens (tertiary/aromatic N) is 3. The highest BCUT2D eigenvalue weighted by Gasteiger charge is 2.11. The van der Waals surface area contributed by atoms with E-state index in [2.05, 4.69) is 10.3 Å². The maximum atomic E-state index is 10.8. The maximum Gasteiger partial charge on any atom is 0.269 e. The first-order valence-corrected chi connectivity index (χ1v) is 8.15. The number of nitrogens with one attached hydrogen (secondary N) is 1. The second kappa shape index (κ2) is 7.13. The van der Waals surface area contributed by atoms with Gasteiger partial charge in [-0.1, -0.05) is 41.4 Å². The molecule has 2 aromatic carbocycles. The van der Waals surface area contributed by atoms with E-state index in [1.54, 1.807) is 24.4 Å². The van der Waals surface area contributed by atoms with Crippen molar-refractivity contribution in [1.82, 2.24) is 9.55 Å². The molecule has 0 radical (unpaired) electrons. The summed E-state index contributed by atoms with van der Waals surface area (Å²) >= 11 is 12.0. The highest BCUT2D eigenvalue weighted by atomic mass is 35.5. The van der Waals surface area contributed by atoms with Crippen LogP contribution in [0.2, 0.25) is 10.0 Å². The molecule has 0 fully saturated rings. The van der Waals surface area contributed by atoms with Gasteiger partial charge < -0.3 is 9.88 Å². The Morgan fingerprint density at radius 1 is 1.20 bits per heavy atom. The van der Waals surface area contributed by atoms with Gasteiger partial charge in [0.1, 0.15) is 0 Å². The van der Waals surface area contributed by atoms with Crippen LogP contribution in [0.15, 0.2) is 48.7 Å². The normalized spacial score (nSPS) is 10.7. The van der Waals surface area contributed by atoms with Crippen LogP contribution in [-0.2, 0) is 13.6 Å². The fourth-order valence-electron chi connectivity index (χ4n) is 2.46. The zero-order chi connectivity index (χ0) is 18.0. The van der Waals surface area contributed by atoms with Crippen LogP contribution in [0.4, 0.5) is 11.6 Å². The molecule has 3 aromatic rings. The summed E-state index contributed by atoms with van der Waals surface area (Å²) in [5, 5.41) is 15.0. The van der Waals surface area contributed by atoms with E-state index < -0.39 is 4.92 Å². The Labute approximate surface area is 154 Å². The van der Waals surface area contributed by atoms with Crippen LogP contribution in [0.5, 0.6) is 0 Å². The van der Waals surface area contributed by atoms with Crippen molar-refractivity contribution in [3.05, 3.63) is 74.4 Å². The smallest absolute Gasteiger partial charge is 0.269 e. The first-order valence-electron chi connectivity index (χ1n) is 7.40. The van der Waals surface area contributed by atoms with Gasteiger partial charge in [-0.25, -0.2) is 4.98 Å². The van der Waals surface area contributed by atoms with Gasteiger partial charge in [-0.2, -0.15) is 0 Å². The molecular formula is C17H14Cl2N4O2. The molecule has 6 nitrogen and oxygen atoms in total. The van der Waals surface area contributed by atoms with E-state index >= 15 is 0 Å². The summed E-state index contributed by atoms with van der Waals surface area (Å²) in [6, 6.07) is 11.9. The molecular weight excluding hydrogens is 363 g/mol. The second-order valence-electron chi connectivity index (χ2n) is 5.44. The number of imidazole rings is 1. The number of benzene rings is 2. The van der Waals surface area contributed by atoms with Gasteiger partial charge in [0.15, 0.2) is 0 Å². The van der Waals surface area contributed by atoms with Crippen LogP contribution >= 0.6 is 23.2 Å². The van der Waals surface area contributed by atoms with E-state index in [0.29, 0.717) is 22.5 Å². The SMILES string of the molecule is Cn1c(-c2ccc(Cl)c(Cl)c2)cnc1NCc1cccc([N+](=O)[O-])c1. The lowest BCUT2D eigenvalue weighted by Crippen LogP contribution is -2.06. The molecule has 0 saturated heterocycles. The van der Waals surface area contributed by atoms with Gasteiger partial charge in [-0.05, 0) is 17.7 Å². The van der Waals surface area contributed by atoms with Gasteiger partial charge in [0.05, 0.1) is 26.9 Å². The predicted molar refractivity (Wildman–Crippen MR) is 99.1 cm³/mol. The fraction of sp³-hybridized carbons (Fsp3) is 0.118. The lowest BCUT2D eigenvalue weighted by atomic mass is 10.2. The average molecular weight is 377 g/mol. The van der Waals surface area contributed by atoms with Crippen molar-refractivity contribution in [3.63, 3.8) is 0 Å². The van der Waals surface area contributed by atoms with E-state index in [4.69, 9.17) is 23.2 Å². The molecule has 0 unspecified atom stereocenters. The van der Waals surface area contributed by atoms with Crippen molar-refractivity contribution in [2.24, 2.45) is 7.05 Å². The first kappa shape index (κ1) is 17.3. The van der Waals surface area contributed by atoms with Crippen LogP contribution < -0.4 is 5.32 Å². The molecule has 3 rings (SSSR count). The molecule has 0 aliphatic heterocycles. The van der Waals surface area contributed by atoms with Crippen LogP contribution in [0.25, 0.3) is 11.3 Å². The molecule has 0 amide bonds. The van der Waals surface area contributed by atoms with Crippen molar-refractivity contribution in [2.45, 2.75) is 6.54 Å². The number of anilines is 1. The molecule has 1 N–H and O–H groups in total. The third-order valence-electron chi connectivity index (χ3n) is 3.78. The second-order valence-corrected chi connectivity index (χ2v) is 6.25. The average Bonchev–Trinajstić information content (AvgIpc) is 2.96. The fourth-order valence-corrected chi connectivity index (χ4v) is 2.76. The zero-order valence-electron chi connectivity index (χ0n) is 13.2. The number of hydrogen-bond acceptors (Lipinski definition) is 4. The van der Waals surface area contributed by atoms with E-state index in [1.807, 2.05) is 23.7 Å².